The van der Waals surface area contributed by atoms with Crippen molar-refractivity contribution in [1.82, 2.24) is 10.4 Å². The van der Waals surface area contributed by atoms with E-state index < -0.39 is 0 Å². The van der Waals surface area contributed by atoms with E-state index in [1.807, 2.05) is 6.07 Å². The third-order valence-corrected chi connectivity index (χ3v) is 2.93. The number of hydrazine groups is 1. The maximum absolute atomic E-state index is 10.8. The van der Waals surface area contributed by atoms with E-state index in [9.17, 15) is 10.1 Å². The second kappa shape index (κ2) is 6.44. The smallest absolute Gasteiger partial charge is 0.272 e. The molecule has 1 N–H and O–H groups in total. The van der Waals surface area contributed by atoms with Gasteiger partial charge in [0.2, 0.25) is 0 Å². The predicted octanol–water partition coefficient (Wildman–Crippen LogP) is 0.974. The van der Waals surface area contributed by atoms with Crippen LogP contribution in [0.15, 0.2) is 24.3 Å². The molecule has 0 aliphatic carbocycles. The van der Waals surface area contributed by atoms with Crippen LogP contribution in [0.25, 0.3) is 0 Å². The zero-order valence-electron chi connectivity index (χ0n) is 10.2. The van der Waals surface area contributed by atoms with Crippen LogP contribution in [0.4, 0.5) is 5.69 Å². The number of nitrogens with zero attached hydrogens (tertiary/aromatic N) is 2. The normalized spacial score (nSPS) is 16.7. The average molecular weight is 251 g/mol. The molecule has 0 aromatic heterocycles. The third-order valence-electron chi connectivity index (χ3n) is 2.93. The first kappa shape index (κ1) is 12.9. The molecule has 2 rings (SSSR count). The van der Waals surface area contributed by atoms with Crippen LogP contribution < -0.4 is 5.43 Å². The Hall–Kier alpha value is -1.50. The Labute approximate surface area is 106 Å². The molecule has 0 bridgehead atoms. The second-order valence-electron chi connectivity index (χ2n) is 4.14. The van der Waals surface area contributed by atoms with Crippen LogP contribution >= 0.6 is 0 Å². The van der Waals surface area contributed by atoms with E-state index in [0.29, 0.717) is 13.0 Å². The van der Waals surface area contributed by atoms with Gasteiger partial charge in [0, 0.05) is 31.3 Å². The van der Waals surface area contributed by atoms with Crippen LogP contribution in [0, 0.1) is 10.1 Å². The number of hydrogen-bond acceptors (Lipinski definition) is 5. The highest BCUT2D eigenvalue weighted by Crippen LogP contribution is 2.17. The van der Waals surface area contributed by atoms with Crippen molar-refractivity contribution in [2.45, 2.75) is 6.42 Å². The maximum Gasteiger partial charge on any atom is 0.272 e. The highest BCUT2D eigenvalue weighted by atomic mass is 16.6. The fourth-order valence-electron chi connectivity index (χ4n) is 1.97. The molecule has 1 aliphatic heterocycles. The monoisotopic (exact) mass is 251 g/mol. The SMILES string of the molecule is O=[N+]([O-])c1ccccc1CCNN1CCOCC1. The zero-order chi connectivity index (χ0) is 12.8. The zero-order valence-corrected chi connectivity index (χ0v) is 10.2. The summed E-state index contributed by atoms with van der Waals surface area (Å²) in [6, 6.07) is 6.87. The van der Waals surface area contributed by atoms with Gasteiger partial charge in [0.1, 0.15) is 0 Å². The molecular formula is C12H17N3O3. The molecule has 0 unspecified atom stereocenters. The summed E-state index contributed by atoms with van der Waals surface area (Å²) in [5.41, 5.74) is 4.23. The first-order chi connectivity index (χ1) is 8.77. The van der Waals surface area contributed by atoms with E-state index in [1.54, 1.807) is 18.2 Å². The van der Waals surface area contributed by atoms with Crippen LogP contribution in [0.3, 0.4) is 0 Å². The first-order valence-electron chi connectivity index (χ1n) is 6.06. The van der Waals surface area contributed by atoms with Gasteiger partial charge in [-0.1, -0.05) is 18.2 Å². The lowest BCUT2D eigenvalue weighted by Gasteiger charge is -2.27. The Morgan fingerprint density at radius 2 is 2.06 bits per heavy atom. The molecule has 1 fully saturated rings. The number of nitro groups is 1. The molecule has 0 amide bonds. The minimum absolute atomic E-state index is 0.196. The lowest BCUT2D eigenvalue weighted by atomic mass is 10.1. The molecule has 0 spiro atoms. The van der Waals surface area contributed by atoms with Gasteiger partial charge < -0.3 is 4.74 Å². The minimum atomic E-state index is -0.329. The Bertz CT molecular complexity index is 405. The molecule has 0 radical (unpaired) electrons. The molecule has 1 aliphatic rings. The van der Waals surface area contributed by atoms with Gasteiger partial charge in [-0.25, -0.2) is 5.01 Å². The molecule has 0 atom stereocenters. The van der Waals surface area contributed by atoms with E-state index in [1.165, 1.54) is 0 Å². The highest BCUT2D eigenvalue weighted by molar-refractivity contribution is 5.39. The fourth-order valence-corrected chi connectivity index (χ4v) is 1.97. The molecule has 18 heavy (non-hydrogen) atoms. The number of hydrogen-bond donors (Lipinski definition) is 1. The van der Waals surface area contributed by atoms with Crippen molar-refractivity contribution in [3.8, 4) is 0 Å². The number of nitrogens with one attached hydrogen (secondary N) is 1. The highest BCUT2D eigenvalue weighted by Gasteiger charge is 2.13. The number of ether oxygens (including phenoxy) is 1. The lowest BCUT2D eigenvalue weighted by molar-refractivity contribution is -0.385. The van der Waals surface area contributed by atoms with Gasteiger partial charge in [-0.05, 0) is 6.42 Å². The van der Waals surface area contributed by atoms with E-state index >= 15 is 0 Å². The summed E-state index contributed by atoms with van der Waals surface area (Å²) in [4.78, 5) is 10.5. The van der Waals surface area contributed by atoms with E-state index in [4.69, 9.17) is 4.74 Å². The Kier molecular flexibility index (Phi) is 4.63. The van der Waals surface area contributed by atoms with Gasteiger partial charge in [0.15, 0.2) is 0 Å². The summed E-state index contributed by atoms with van der Waals surface area (Å²) in [5, 5.41) is 12.9. The van der Waals surface area contributed by atoms with Gasteiger partial charge in [0.05, 0.1) is 18.1 Å². The van der Waals surface area contributed by atoms with Crippen LogP contribution in [-0.2, 0) is 11.2 Å². The van der Waals surface area contributed by atoms with Crippen molar-refractivity contribution in [2.24, 2.45) is 0 Å². The molecule has 1 aromatic carbocycles. The number of para-hydroxylation sites is 1. The Morgan fingerprint density at radius 3 is 2.78 bits per heavy atom. The summed E-state index contributed by atoms with van der Waals surface area (Å²) < 4.78 is 5.24. The quantitative estimate of drug-likeness (QED) is 0.624. The number of rotatable bonds is 5. The molecule has 1 aromatic rings. The third kappa shape index (κ3) is 3.49. The fraction of sp³-hybridized carbons (Fsp3) is 0.500. The summed E-state index contributed by atoms with van der Waals surface area (Å²) in [5.74, 6) is 0. The first-order valence-corrected chi connectivity index (χ1v) is 6.06. The predicted molar refractivity (Wildman–Crippen MR) is 67.2 cm³/mol. The van der Waals surface area contributed by atoms with Crippen LogP contribution in [-0.4, -0.2) is 42.8 Å². The number of morpholine rings is 1. The average Bonchev–Trinajstić information content (AvgIpc) is 2.40. The van der Waals surface area contributed by atoms with Crippen molar-refractivity contribution < 1.29 is 9.66 Å². The van der Waals surface area contributed by atoms with Gasteiger partial charge in [-0.15, -0.1) is 0 Å². The molecule has 1 saturated heterocycles. The number of nitro benzene ring substituents is 1. The molecule has 0 saturated carbocycles. The molecule has 6 heteroatoms. The number of benzene rings is 1. The van der Waals surface area contributed by atoms with Gasteiger partial charge in [-0.2, -0.15) is 0 Å². The summed E-state index contributed by atoms with van der Waals surface area (Å²) in [6.07, 6.45) is 0.647. The van der Waals surface area contributed by atoms with Crippen molar-refractivity contribution >= 4 is 5.69 Å². The minimum Gasteiger partial charge on any atom is -0.379 e. The van der Waals surface area contributed by atoms with E-state index in [-0.39, 0.29) is 10.6 Å². The van der Waals surface area contributed by atoms with Crippen molar-refractivity contribution in [2.75, 3.05) is 32.8 Å². The summed E-state index contributed by atoms with van der Waals surface area (Å²) >= 11 is 0. The molecule has 1 heterocycles. The summed E-state index contributed by atoms with van der Waals surface area (Å²) in [7, 11) is 0. The molecule has 6 nitrogen and oxygen atoms in total. The molecular weight excluding hydrogens is 234 g/mol. The van der Waals surface area contributed by atoms with Gasteiger partial charge >= 0.3 is 0 Å². The largest absolute Gasteiger partial charge is 0.379 e. The molecule has 98 valence electrons. The van der Waals surface area contributed by atoms with Crippen molar-refractivity contribution in [3.63, 3.8) is 0 Å². The Balaban J connectivity index is 1.84. The lowest BCUT2D eigenvalue weighted by Crippen LogP contribution is -2.46. The van der Waals surface area contributed by atoms with Crippen molar-refractivity contribution in [3.05, 3.63) is 39.9 Å². The van der Waals surface area contributed by atoms with Crippen LogP contribution in [0.5, 0.6) is 0 Å². The maximum atomic E-state index is 10.8. The van der Waals surface area contributed by atoms with Gasteiger partial charge in [0.25, 0.3) is 5.69 Å². The van der Waals surface area contributed by atoms with E-state index in [2.05, 4.69) is 10.4 Å². The van der Waals surface area contributed by atoms with Crippen LogP contribution in [0.1, 0.15) is 5.56 Å². The standard InChI is InChI=1S/C12H17N3O3/c16-15(17)12-4-2-1-3-11(12)5-6-13-14-7-9-18-10-8-14/h1-4,13H,5-10H2. The van der Waals surface area contributed by atoms with Gasteiger partial charge in [-0.3, -0.25) is 15.5 Å². The summed E-state index contributed by atoms with van der Waals surface area (Å²) in [6.45, 7) is 3.88. The van der Waals surface area contributed by atoms with Crippen LogP contribution in [0.2, 0.25) is 0 Å². The second-order valence-corrected chi connectivity index (χ2v) is 4.14. The topological polar surface area (TPSA) is 67.6 Å². The van der Waals surface area contributed by atoms with Crippen molar-refractivity contribution in [1.29, 1.82) is 0 Å². The Morgan fingerprint density at radius 1 is 1.33 bits per heavy atom. The van der Waals surface area contributed by atoms with E-state index in [0.717, 1.165) is 31.9 Å².